The number of halogens is 1. The second kappa shape index (κ2) is 8.90. The Morgan fingerprint density at radius 3 is 2.75 bits per heavy atom. The first-order valence-electron chi connectivity index (χ1n) is 10.9. The number of aromatic nitrogens is 3. The van der Waals surface area contributed by atoms with E-state index in [9.17, 15) is 0 Å². The van der Waals surface area contributed by atoms with E-state index in [1.807, 2.05) is 12.3 Å². The van der Waals surface area contributed by atoms with Crippen molar-refractivity contribution in [1.29, 1.82) is 0 Å². The molecule has 1 saturated carbocycles. The van der Waals surface area contributed by atoms with Crippen LogP contribution in [0.15, 0.2) is 36.5 Å². The third kappa shape index (κ3) is 4.18. The lowest BCUT2D eigenvalue weighted by atomic mass is 10.1. The number of rotatable bonds is 8. The molecule has 5 rings (SSSR count). The number of anilines is 1. The molecule has 0 amide bonds. The first-order chi connectivity index (χ1) is 15.5. The Labute approximate surface area is 197 Å². The molecule has 32 heavy (non-hydrogen) atoms. The van der Waals surface area contributed by atoms with Crippen LogP contribution in [0.5, 0.6) is 0 Å². The van der Waals surface area contributed by atoms with Crippen molar-refractivity contribution in [2.24, 2.45) is 5.14 Å². The number of fused-ring (bicyclic) bond motifs is 3. The van der Waals surface area contributed by atoms with Crippen LogP contribution in [0.25, 0.3) is 27.9 Å². The number of benzene rings is 2. The molecule has 1 aliphatic rings. The second-order valence-corrected chi connectivity index (χ2v) is 9.60. The molecular weight excluding hydrogens is 440 g/mol. The third-order valence-corrected chi connectivity index (χ3v) is 6.85. The van der Waals surface area contributed by atoms with E-state index in [2.05, 4.69) is 53.1 Å². The molecule has 2 aromatic carbocycles. The van der Waals surface area contributed by atoms with Gasteiger partial charge in [0.05, 0.1) is 22.9 Å². The molecule has 0 unspecified atom stereocenters. The summed E-state index contributed by atoms with van der Waals surface area (Å²) in [5, 5.41) is 13.3. The highest BCUT2D eigenvalue weighted by molar-refractivity contribution is 7.97. The van der Waals surface area contributed by atoms with E-state index >= 15 is 0 Å². The number of hydrogen-bond donors (Lipinski definition) is 3. The van der Waals surface area contributed by atoms with Gasteiger partial charge in [0, 0.05) is 35.5 Å². The minimum absolute atomic E-state index is 0.652. The summed E-state index contributed by atoms with van der Waals surface area (Å²) in [5.74, 6) is 1.55. The number of nitrogens with one attached hydrogen (secondary N) is 2. The molecule has 6 nitrogen and oxygen atoms in total. The third-order valence-electron chi connectivity index (χ3n) is 6.06. The second-order valence-electron chi connectivity index (χ2n) is 8.45. The van der Waals surface area contributed by atoms with Crippen molar-refractivity contribution < 1.29 is 0 Å². The van der Waals surface area contributed by atoms with E-state index in [1.54, 1.807) is 0 Å². The molecule has 0 radical (unpaired) electrons. The summed E-state index contributed by atoms with van der Waals surface area (Å²) in [6, 6.07) is 11.3. The van der Waals surface area contributed by atoms with Crippen LogP contribution >= 0.6 is 23.5 Å². The standard InChI is InChI=1S/C24H27ClN6S/c1-14-9-20-21(10-15(14)2)31-22(13-29-24(31)23(30-20)27-7-8-32-26)16-3-4-17(19(25)11-16)12-28-18-5-6-18/h3-4,9-11,13,18,28H,5-8,12,26H2,1-2H3,(H,27,30). The van der Waals surface area contributed by atoms with Gasteiger partial charge in [-0.1, -0.05) is 35.7 Å². The highest BCUT2D eigenvalue weighted by atomic mass is 35.5. The first-order valence-corrected chi connectivity index (χ1v) is 12.3. The number of nitrogens with two attached hydrogens (primary N) is 1. The van der Waals surface area contributed by atoms with Crippen molar-refractivity contribution in [2.45, 2.75) is 39.3 Å². The molecule has 1 fully saturated rings. The van der Waals surface area contributed by atoms with Gasteiger partial charge in [-0.15, -0.1) is 0 Å². The summed E-state index contributed by atoms with van der Waals surface area (Å²) < 4.78 is 2.18. The smallest absolute Gasteiger partial charge is 0.181 e. The molecule has 0 aliphatic heterocycles. The lowest BCUT2D eigenvalue weighted by Crippen LogP contribution is -2.15. The Bertz CT molecular complexity index is 1300. The van der Waals surface area contributed by atoms with E-state index in [4.69, 9.17) is 26.7 Å². The highest BCUT2D eigenvalue weighted by Crippen LogP contribution is 2.32. The van der Waals surface area contributed by atoms with Crippen LogP contribution in [-0.2, 0) is 6.54 Å². The van der Waals surface area contributed by atoms with Crippen molar-refractivity contribution in [3.8, 4) is 11.3 Å². The summed E-state index contributed by atoms with van der Waals surface area (Å²) >= 11 is 7.98. The fourth-order valence-electron chi connectivity index (χ4n) is 3.93. The lowest BCUT2D eigenvalue weighted by Gasteiger charge is -2.13. The van der Waals surface area contributed by atoms with E-state index in [0.717, 1.165) is 63.2 Å². The maximum Gasteiger partial charge on any atom is 0.181 e. The number of hydrogen-bond acceptors (Lipinski definition) is 6. The molecule has 166 valence electrons. The Morgan fingerprint density at radius 2 is 2.00 bits per heavy atom. The highest BCUT2D eigenvalue weighted by Gasteiger charge is 2.21. The summed E-state index contributed by atoms with van der Waals surface area (Å²) in [4.78, 5) is 9.62. The summed E-state index contributed by atoms with van der Waals surface area (Å²) in [7, 11) is 0. The topological polar surface area (TPSA) is 80.3 Å². The van der Waals surface area contributed by atoms with Crippen molar-refractivity contribution in [3.05, 3.63) is 58.2 Å². The predicted octanol–water partition coefficient (Wildman–Crippen LogP) is 5.09. The summed E-state index contributed by atoms with van der Waals surface area (Å²) in [6.07, 6.45) is 4.43. The van der Waals surface area contributed by atoms with E-state index in [0.29, 0.717) is 6.04 Å². The number of aryl methyl sites for hydroxylation is 2. The lowest BCUT2D eigenvalue weighted by molar-refractivity contribution is 0.688. The summed E-state index contributed by atoms with van der Waals surface area (Å²) in [6.45, 7) is 5.76. The molecular formula is C24H27ClN6S. The average Bonchev–Trinajstić information content (AvgIpc) is 3.50. The van der Waals surface area contributed by atoms with Crippen LogP contribution in [0.3, 0.4) is 0 Å². The van der Waals surface area contributed by atoms with Gasteiger partial charge in [0.25, 0.3) is 0 Å². The SMILES string of the molecule is Cc1cc2nc(NCCSN)c3ncc(-c4ccc(CNC5CC5)c(Cl)c4)n3c2cc1C. The van der Waals surface area contributed by atoms with Crippen LogP contribution < -0.4 is 15.8 Å². The minimum Gasteiger partial charge on any atom is -0.366 e. The Balaban J connectivity index is 1.63. The zero-order valence-electron chi connectivity index (χ0n) is 18.3. The molecule has 2 heterocycles. The van der Waals surface area contributed by atoms with E-state index < -0.39 is 0 Å². The molecule has 4 N–H and O–H groups in total. The molecule has 0 spiro atoms. The molecule has 1 aliphatic carbocycles. The van der Waals surface area contributed by atoms with Crippen LogP contribution in [-0.4, -0.2) is 32.7 Å². The van der Waals surface area contributed by atoms with Crippen LogP contribution in [0, 0.1) is 13.8 Å². The average molecular weight is 467 g/mol. The fraction of sp³-hybridized carbons (Fsp3) is 0.333. The predicted molar refractivity (Wildman–Crippen MR) is 135 cm³/mol. The van der Waals surface area contributed by atoms with Gasteiger partial charge in [0.2, 0.25) is 0 Å². The van der Waals surface area contributed by atoms with Crippen LogP contribution in [0.2, 0.25) is 5.02 Å². The maximum atomic E-state index is 6.67. The van der Waals surface area contributed by atoms with Gasteiger partial charge in [-0.2, -0.15) is 0 Å². The largest absolute Gasteiger partial charge is 0.366 e. The normalized spacial score (nSPS) is 13.9. The molecule has 2 aromatic heterocycles. The zero-order chi connectivity index (χ0) is 22.2. The fourth-order valence-corrected chi connectivity index (χ4v) is 4.40. The maximum absolute atomic E-state index is 6.67. The van der Waals surface area contributed by atoms with Crippen LogP contribution in [0.4, 0.5) is 5.82 Å². The van der Waals surface area contributed by atoms with E-state index in [1.165, 1.54) is 35.9 Å². The first kappa shape index (κ1) is 21.5. The zero-order valence-corrected chi connectivity index (χ0v) is 19.9. The van der Waals surface area contributed by atoms with Gasteiger partial charge in [0.15, 0.2) is 11.5 Å². The summed E-state index contributed by atoms with van der Waals surface area (Å²) in [5.41, 5.74) is 8.35. The van der Waals surface area contributed by atoms with E-state index in [-0.39, 0.29) is 0 Å². The van der Waals surface area contributed by atoms with Gasteiger partial charge < -0.3 is 10.6 Å². The Kier molecular flexibility index (Phi) is 5.99. The Morgan fingerprint density at radius 1 is 1.19 bits per heavy atom. The monoisotopic (exact) mass is 466 g/mol. The van der Waals surface area contributed by atoms with Crippen molar-refractivity contribution in [1.82, 2.24) is 19.7 Å². The van der Waals surface area contributed by atoms with Crippen molar-refractivity contribution >= 4 is 46.0 Å². The molecule has 0 atom stereocenters. The van der Waals surface area contributed by atoms with Gasteiger partial charge >= 0.3 is 0 Å². The van der Waals surface area contributed by atoms with Gasteiger partial charge in [0.1, 0.15) is 0 Å². The molecule has 4 aromatic rings. The van der Waals surface area contributed by atoms with Crippen molar-refractivity contribution in [2.75, 3.05) is 17.6 Å². The Hall–Kier alpha value is -2.32. The molecule has 8 heteroatoms. The van der Waals surface area contributed by atoms with Gasteiger partial charge in [-0.25, -0.2) is 9.97 Å². The quantitative estimate of drug-likeness (QED) is 0.248. The van der Waals surface area contributed by atoms with Gasteiger partial charge in [-0.05, 0) is 61.6 Å². The molecule has 0 bridgehead atoms. The van der Waals surface area contributed by atoms with Crippen LogP contribution in [0.1, 0.15) is 29.5 Å². The van der Waals surface area contributed by atoms with Crippen molar-refractivity contribution in [3.63, 3.8) is 0 Å². The van der Waals surface area contributed by atoms with Gasteiger partial charge in [-0.3, -0.25) is 9.54 Å². The number of nitrogens with zero attached hydrogens (tertiary/aromatic N) is 3. The molecule has 0 saturated heterocycles. The number of imidazole rings is 1. The minimum atomic E-state index is 0.652.